The van der Waals surface area contributed by atoms with Crippen LogP contribution in [0.4, 0.5) is 5.82 Å². The summed E-state index contributed by atoms with van der Waals surface area (Å²) in [5.74, 6) is 0.0445. The lowest BCUT2D eigenvalue weighted by atomic mass is 10.2. The SMILES string of the molecule is Cc1cccnc1NC(=O)c1cc(S(=O)(=O)N2CCCCC2)ccc1Br. The van der Waals surface area contributed by atoms with E-state index >= 15 is 0 Å². The van der Waals surface area contributed by atoms with Crippen LogP contribution in [0.5, 0.6) is 0 Å². The van der Waals surface area contributed by atoms with Gasteiger partial charge in [0.2, 0.25) is 10.0 Å². The zero-order valence-corrected chi connectivity index (χ0v) is 16.8. The third kappa shape index (κ3) is 3.97. The Morgan fingerprint density at radius 2 is 1.92 bits per heavy atom. The van der Waals surface area contributed by atoms with E-state index in [9.17, 15) is 13.2 Å². The fourth-order valence-electron chi connectivity index (χ4n) is 2.88. The Balaban J connectivity index is 1.90. The number of amides is 1. The Morgan fingerprint density at radius 3 is 2.62 bits per heavy atom. The van der Waals surface area contributed by atoms with Gasteiger partial charge in [0, 0.05) is 23.8 Å². The standard InChI is InChI=1S/C18H20BrN3O3S/c1-13-6-5-9-20-17(13)21-18(23)15-12-14(7-8-16(15)19)26(24,25)22-10-3-2-4-11-22/h5-9,12H,2-4,10-11H2,1H3,(H,20,21,23). The molecule has 0 unspecified atom stereocenters. The molecule has 6 nitrogen and oxygen atoms in total. The molecule has 0 atom stereocenters. The Morgan fingerprint density at radius 1 is 1.19 bits per heavy atom. The van der Waals surface area contributed by atoms with E-state index in [1.807, 2.05) is 13.0 Å². The fourth-order valence-corrected chi connectivity index (χ4v) is 4.86. The van der Waals surface area contributed by atoms with Gasteiger partial charge in [0.25, 0.3) is 5.91 Å². The monoisotopic (exact) mass is 437 g/mol. The van der Waals surface area contributed by atoms with Gasteiger partial charge in [-0.2, -0.15) is 4.31 Å². The number of sulfonamides is 1. The number of pyridine rings is 1. The number of hydrogen-bond donors (Lipinski definition) is 1. The minimum atomic E-state index is -3.60. The lowest BCUT2D eigenvalue weighted by molar-refractivity contribution is 0.102. The Bertz CT molecular complexity index is 925. The molecule has 1 aliphatic heterocycles. The number of benzene rings is 1. The number of carbonyl (C=O) groups is 1. The molecule has 1 aliphatic rings. The number of nitrogens with one attached hydrogen (secondary N) is 1. The van der Waals surface area contributed by atoms with Crippen molar-refractivity contribution in [3.05, 3.63) is 52.1 Å². The van der Waals surface area contributed by atoms with E-state index in [0.717, 1.165) is 24.8 Å². The Labute approximate surface area is 161 Å². The highest BCUT2D eigenvalue weighted by molar-refractivity contribution is 9.10. The van der Waals surface area contributed by atoms with Crippen molar-refractivity contribution >= 4 is 37.7 Å². The smallest absolute Gasteiger partial charge is 0.258 e. The molecule has 1 fully saturated rings. The molecule has 0 bridgehead atoms. The number of anilines is 1. The predicted octanol–water partition coefficient (Wildman–Crippen LogP) is 3.58. The van der Waals surface area contributed by atoms with Gasteiger partial charge in [0.05, 0.1) is 10.5 Å². The number of carbonyl (C=O) groups excluding carboxylic acids is 1. The molecular weight excluding hydrogens is 418 g/mol. The molecule has 0 radical (unpaired) electrons. The van der Waals surface area contributed by atoms with E-state index in [2.05, 4.69) is 26.2 Å². The van der Waals surface area contributed by atoms with Crippen molar-refractivity contribution in [1.82, 2.24) is 9.29 Å². The first-order chi connectivity index (χ1) is 12.4. The lowest BCUT2D eigenvalue weighted by Crippen LogP contribution is -2.35. The van der Waals surface area contributed by atoms with Gasteiger partial charge in [0.15, 0.2) is 0 Å². The second-order valence-corrected chi connectivity index (χ2v) is 9.02. The first kappa shape index (κ1) is 19.0. The van der Waals surface area contributed by atoms with Crippen molar-refractivity contribution in [1.29, 1.82) is 0 Å². The minimum absolute atomic E-state index is 0.130. The predicted molar refractivity (Wildman–Crippen MR) is 104 cm³/mol. The molecule has 1 amide bonds. The molecule has 1 N–H and O–H groups in total. The molecule has 1 saturated heterocycles. The van der Waals surface area contributed by atoms with Crippen LogP contribution in [-0.2, 0) is 10.0 Å². The molecule has 26 heavy (non-hydrogen) atoms. The quantitative estimate of drug-likeness (QED) is 0.792. The molecule has 8 heteroatoms. The normalized spacial score (nSPS) is 15.6. The van der Waals surface area contributed by atoms with Crippen LogP contribution in [0.25, 0.3) is 0 Å². The molecule has 0 aliphatic carbocycles. The van der Waals surface area contributed by atoms with E-state index < -0.39 is 15.9 Å². The largest absolute Gasteiger partial charge is 0.306 e. The molecule has 0 spiro atoms. The summed E-state index contributed by atoms with van der Waals surface area (Å²) in [7, 11) is -3.60. The summed E-state index contributed by atoms with van der Waals surface area (Å²) in [6, 6.07) is 8.16. The molecule has 0 saturated carbocycles. The molecule has 2 heterocycles. The van der Waals surface area contributed by atoms with Crippen molar-refractivity contribution < 1.29 is 13.2 Å². The van der Waals surface area contributed by atoms with Crippen LogP contribution in [0.1, 0.15) is 35.2 Å². The fraction of sp³-hybridized carbons (Fsp3) is 0.333. The highest BCUT2D eigenvalue weighted by atomic mass is 79.9. The summed E-state index contributed by atoms with van der Waals surface area (Å²) >= 11 is 3.34. The van der Waals surface area contributed by atoms with Crippen LogP contribution in [0.2, 0.25) is 0 Å². The van der Waals surface area contributed by atoms with E-state index in [0.29, 0.717) is 23.4 Å². The van der Waals surface area contributed by atoms with Gasteiger partial charge in [-0.1, -0.05) is 12.5 Å². The third-order valence-electron chi connectivity index (χ3n) is 4.38. The number of aryl methyl sites for hydroxylation is 1. The van der Waals surface area contributed by atoms with Gasteiger partial charge in [-0.3, -0.25) is 4.79 Å². The van der Waals surface area contributed by atoms with Crippen LogP contribution in [0, 0.1) is 6.92 Å². The first-order valence-corrected chi connectivity index (χ1v) is 10.7. The second kappa shape index (κ2) is 7.85. The van der Waals surface area contributed by atoms with Gasteiger partial charge in [-0.05, 0) is 65.5 Å². The number of halogens is 1. The molecule has 2 aromatic rings. The molecule has 1 aromatic heterocycles. The number of hydrogen-bond acceptors (Lipinski definition) is 4. The average molecular weight is 438 g/mol. The first-order valence-electron chi connectivity index (χ1n) is 8.42. The van der Waals surface area contributed by atoms with Crippen molar-refractivity contribution in [2.45, 2.75) is 31.1 Å². The van der Waals surface area contributed by atoms with Gasteiger partial charge in [-0.15, -0.1) is 0 Å². The maximum Gasteiger partial charge on any atom is 0.258 e. The number of nitrogens with zero attached hydrogens (tertiary/aromatic N) is 2. The van der Waals surface area contributed by atoms with Crippen molar-refractivity contribution in [3.63, 3.8) is 0 Å². The average Bonchev–Trinajstić information content (AvgIpc) is 2.64. The number of aromatic nitrogens is 1. The van der Waals surface area contributed by atoms with Gasteiger partial charge in [0.1, 0.15) is 5.82 Å². The molecular formula is C18H20BrN3O3S. The van der Waals surface area contributed by atoms with Gasteiger partial charge >= 0.3 is 0 Å². The van der Waals surface area contributed by atoms with E-state index in [4.69, 9.17) is 0 Å². The minimum Gasteiger partial charge on any atom is -0.306 e. The van der Waals surface area contributed by atoms with E-state index in [1.165, 1.54) is 16.4 Å². The highest BCUT2D eigenvalue weighted by Gasteiger charge is 2.27. The van der Waals surface area contributed by atoms with Crippen LogP contribution >= 0.6 is 15.9 Å². The van der Waals surface area contributed by atoms with E-state index in [-0.39, 0.29) is 10.5 Å². The summed E-state index contributed by atoms with van der Waals surface area (Å²) in [6.07, 6.45) is 4.36. The summed E-state index contributed by atoms with van der Waals surface area (Å²) in [4.78, 5) is 16.9. The van der Waals surface area contributed by atoms with Crippen molar-refractivity contribution in [2.24, 2.45) is 0 Å². The zero-order valence-electron chi connectivity index (χ0n) is 14.4. The van der Waals surface area contributed by atoms with E-state index in [1.54, 1.807) is 18.3 Å². The summed E-state index contributed by atoms with van der Waals surface area (Å²) in [5.41, 5.74) is 1.09. The van der Waals surface area contributed by atoms with Crippen LogP contribution in [0.15, 0.2) is 45.9 Å². The summed E-state index contributed by atoms with van der Waals surface area (Å²) in [6.45, 7) is 2.88. The molecule has 138 valence electrons. The second-order valence-electron chi connectivity index (χ2n) is 6.23. The Hall–Kier alpha value is -1.77. The zero-order chi connectivity index (χ0) is 18.7. The molecule has 1 aromatic carbocycles. The van der Waals surface area contributed by atoms with Crippen molar-refractivity contribution in [2.75, 3.05) is 18.4 Å². The van der Waals surface area contributed by atoms with Crippen LogP contribution in [-0.4, -0.2) is 36.7 Å². The topological polar surface area (TPSA) is 79.4 Å². The number of piperidine rings is 1. The Kier molecular flexibility index (Phi) is 5.74. The summed E-state index contributed by atoms with van der Waals surface area (Å²) in [5, 5.41) is 2.74. The maximum absolute atomic E-state index is 12.9. The lowest BCUT2D eigenvalue weighted by Gasteiger charge is -2.26. The van der Waals surface area contributed by atoms with Gasteiger partial charge in [-0.25, -0.2) is 13.4 Å². The molecule has 3 rings (SSSR count). The van der Waals surface area contributed by atoms with Gasteiger partial charge < -0.3 is 5.32 Å². The maximum atomic E-state index is 12.9. The third-order valence-corrected chi connectivity index (χ3v) is 6.96. The van der Waals surface area contributed by atoms with Crippen molar-refractivity contribution in [3.8, 4) is 0 Å². The number of rotatable bonds is 4. The summed E-state index contributed by atoms with van der Waals surface area (Å²) < 4.78 is 27.7. The van der Waals surface area contributed by atoms with Crippen LogP contribution in [0.3, 0.4) is 0 Å². The highest BCUT2D eigenvalue weighted by Crippen LogP contribution is 2.26. The van der Waals surface area contributed by atoms with Crippen LogP contribution < -0.4 is 5.32 Å².